The number of hydrogen-bond acceptors (Lipinski definition) is 4. The lowest BCUT2D eigenvalue weighted by atomic mass is 10.00. The highest BCUT2D eigenvalue weighted by Gasteiger charge is 2.24. The molecule has 1 heterocycles. The van der Waals surface area contributed by atoms with E-state index < -0.39 is 17.9 Å². The smallest absolute Gasteiger partial charge is 0.268 e. The van der Waals surface area contributed by atoms with Crippen molar-refractivity contribution in [2.45, 2.75) is 12.5 Å². The van der Waals surface area contributed by atoms with Crippen LogP contribution in [-0.2, 0) is 11.2 Å². The van der Waals surface area contributed by atoms with Gasteiger partial charge in [0.1, 0.15) is 6.04 Å². The second-order valence-corrected chi connectivity index (χ2v) is 6.95. The summed E-state index contributed by atoms with van der Waals surface area (Å²) in [6.45, 7) is 0. The Labute approximate surface area is 172 Å². The minimum Gasteiger partial charge on any atom is -0.366 e. The number of carbonyl (C=O) groups excluding carboxylic acids is 2. The van der Waals surface area contributed by atoms with Crippen LogP contribution in [0, 0.1) is 0 Å². The van der Waals surface area contributed by atoms with Crippen molar-refractivity contribution in [2.75, 3.05) is 0 Å². The van der Waals surface area contributed by atoms with E-state index in [9.17, 15) is 14.8 Å². The van der Waals surface area contributed by atoms with Crippen LogP contribution in [0.15, 0.2) is 79.0 Å². The highest BCUT2D eigenvalue weighted by molar-refractivity contribution is 5.97. The molecule has 4 N–H and O–H groups in total. The number of amides is 2. The largest absolute Gasteiger partial charge is 0.366 e. The predicted molar refractivity (Wildman–Crippen MR) is 113 cm³/mol. The Kier molecular flexibility index (Phi) is 5.28. The number of nitrogens with one attached hydrogen (secondary N) is 1. The molecule has 2 amide bonds. The van der Waals surface area contributed by atoms with E-state index in [1.165, 1.54) is 0 Å². The van der Waals surface area contributed by atoms with Crippen molar-refractivity contribution in [2.24, 2.45) is 5.73 Å². The number of nitrogens with two attached hydrogens (primary N) is 1. The number of primary amides is 1. The van der Waals surface area contributed by atoms with Crippen LogP contribution in [0.25, 0.3) is 22.0 Å². The third-order valence-corrected chi connectivity index (χ3v) is 5.10. The van der Waals surface area contributed by atoms with Gasteiger partial charge in [0.25, 0.3) is 5.91 Å². The normalized spacial score (nSPS) is 11.9. The summed E-state index contributed by atoms with van der Waals surface area (Å²) in [5.74, 6) is -1.02. The Bertz CT molecular complexity index is 1200. The Hall–Kier alpha value is -3.97. The van der Waals surface area contributed by atoms with Crippen LogP contribution in [0.4, 0.5) is 0 Å². The lowest BCUT2D eigenvalue weighted by molar-refractivity contribution is -0.132. The number of rotatable bonds is 6. The molecule has 7 nitrogen and oxygen atoms in total. The van der Waals surface area contributed by atoms with Gasteiger partial charge in [0.05, 0.1) is 11.7 Å². The predicted octanol–water partition coefficient (Wildman–Crippen LogP) is 3.09. The summed E-state index contributed by atoms with van der Waals surface area (Å²) in [4.78, 5) is 23.8. The Morgan fingerprint density at radius 1 is 1.00 bits per heavy atom. The Balaban J connectivity index is 1.77. The van der Waals surface area contributed by atoms with Crippen molar-refractivity contribution in [1.82, 2.24) is 15.3 Å². The molecular weight excluding hydrogens is 380 g/mol. The van der Waals surface area contributed by atoms with Gasteiger partial charge in [-0.1, -0.05) is 54.6 Å². The molecular formula is C23H20N4O3. The summed E-state index contributed by atoms with van der Waals surface area (Å²) < 4.78 is 1.62. The molecule has 4 rings (SSSR count). The summed E-state index contributed by atoms with van der Waals surface area (Å²) in [6, 6.07) is 21.6. The standard InChI is InChI=1S/C23H20N4O3/c24-22(28)17-11-9-16(10-12-17)18-7-4-8-20-19(18)14-25-27(20)21(23(29)26-30)13-15-5-2-1-3-6-15/h1-12,14,21,30H,13H2,(H2,24,28)(H,26,29). The van der Waals surface area contributed by atoms with Crippen molar-refractivity contribution >= 4 is 22.7 Å². The maximum atomic E-state index is 12.4. The maximum Gasteiger partial charge on any atom is 0.268 e. The third-order valence-electron chi connectivity index (χ3n) is 5.10. The zero-order valence-corrected chi connectivity index (χ0v) is 16.0. The van der Waals surface area contributed by atoms with Crippen LogP contribution in [0.3, 0.4) is 0 Å². The van der Waals surface area contributed by atoms with Crippen LogP contribution in [0.1, 0.15) is 22.0 Å². The molecule has 1 atom stereocenters. The van der Waals surface area contributed by atoms with E-state index in [1.54, 1.807) is 28.5 Å². The molecule has 0 bridgehead atoms. The zero-order chi connectivity index (χ0) is 21.1. The van der Waals surface area contributed by atoms with E-state index >= 15 is 0 Å². The number of benzene rings is 3. The lowest BCUT2D eigenvalue weighted by Crippen LogP contribution is -2.32. The first-order chi connectivity index (χ1) is 14.6. The summed E-state index contributed by atoms with van der Waals surface area (Å²) in [6.07, 6.45) is 2.08. The number of aromatic nitrogens is 2. The zero-order valence-electron chi connectivity index (χ0n) is 16.0. The van der Waals surface area contributed by atoms with Gasteiger partial charge in [0.15, 0.2) is 0 Å². The van der Waals surface area contributed by atoms with Gasteiger partial charge in [0.2, 0.25) is 5.91 Å². The first-order valence-electron chi connectivity index (χ1n) is 9.43. The number of fused-ring (bicyclic) bond motifs is 1. The summed E-state index contributed by atoms with van der Waals surface area (Å²) in [5.41, 5.74) is 11.0. The second kappa shape index (κ2) is 8.18. The van der Waals surface area contributed by atoms with Gasteiger partial charge in [-0.2, -0.15) is 5.10 Å². The van der Waals surface area contributed by atoms with Gasteiger partial charge >= 0.3 is 0 Å². The van der Waals surface area contributed by atoms with Crippen molar-refractivity contribution in [3.63, 3.8) is 0 Å². The monoisotopic (exact) mass is 400 g/mol. The van der Waals surface area contributed by atoms with Gasteiger partial charge in [-0.15, -0.1) is 0 Å². The summed E-state index contributed by atoms with van der Waals surface area (Å²) >= 11 is 0. The van der Waals surface area contributed by atoms with Gasteiger partial charge in [-0.25, -0.2) is 5.48 Å². The topological polar surface area (TPSA) is 110 Å². The minimum absolute atomic E-state index is 0.377. The molecule has 0 fully saturated rings. The molecule has 0 spiro atoms. The van der Waals surface area contributed by atoms with Crippen LogP contribution in [0.5, 0.6) is 0 Å². The van der Waals surface area contributed by atoms with E-state index in [1.807, 2.05) is 60.7 Å². The van der Waals surface area contributed by atoms with Crippen LogP contribution < -0.4 is 11.2 Å². The summed E-state index contributed by atoms with van der Waals surface area (Å²) in [7, 11) is 0. The fraction of sp³-hybridized carbons (Fsp3) is 0.0870. The van der Waals surface area contributed by atoms with Gasteiger partial charge in [-0.3, -0.25) is 19.5 Å². The average Bonchev–Trinajstić information content (AvgIpc) is 3.21. The quantitative estimate of drug-likeness (QED) is 0.341. The van der Waals surface area contributed by atoms with E-state index in [0.29, 0.717) is 12.0 Å². The van der Waals surface area contributed by atoms with Crippen LogP contribution in [-0.4, -0.2) is 26.8 Å². The minimum atomic E-state index is -0.720. The summed E-state index contributed by atoms with van der Waals surface area (Å²) in [5, 5.41) is 14.6. The molecule has 30 heavy (non-hydrogen) atoms. The molecule has 0 radical (unpaired) electrons. The highest BCUT2D eigenvalue weighted by Crippen LogP contribution is 2.30. The molecule has 7 heteroatoms. The van der Waals surface area contributed by atoms with E-state index in [2.05, 4.69) is 5.10 Å². The Morgan fingerprint density at radius 2 is 1.73 bits per heavy atom. The highest BCUT2D eigenvalue weighted by atomic mass is 16.5. The molecule has 150 valence electrons. The van der Waals surface area contributed by atoms with Crippen molar-refractivity contribution in [1.29, 1.82) is 0 Å². The number of carbonyl (C=O) groups is 2. The lowest BCUT2D eigenvalue weighted by Gasteiger charge is -2.17. The molecule has 1 aromatic heterocycles. The number of hydroxylamine groups is 1. The van der Waals surface area contributed by atoms with Gasteiger partial charge < -0.3 is 5.73 Å². The molecule has 0 aliphatic heterocycles. The molecule has 0 aliphatic carbocycles. The molecule has 0 aliphatic rings. The molecule has 1 unspecified atom stereocenters. The molecule has 0 saturated carbocycles. The van der Waals surface area contributed by atoms with Crippen molar-refractivity contribution in [3.8, 4) is 11.1 Å². The fourth-order valence-electron chi connectivity index (χ4n) is 3.59. The van der Waals surface area contributed by atoms with Crippen LogP contribution in [0.2, 0.25) is 0 Å². The number of hydrogen-bond donors (Lipinski definition) is 3. The first-order valence-corrected chi connectivity index (χ1v) is 9.43. The second-order valence-electron chi connectivity index (χ2n) is 6.95. The van der Waals surface area contributed by atoms with E-state index in [-0.39, 0.29) is 0 Å². The van der Waals surface area contributed by atoms with Crippen molar-refractivity contribution in [3.05, 3.63) is 90.1 Å². The average molecular weight is 400 g/mol. The molecule has 0 saturated heterocycles. The third kappa shape index (κ3) is 3.66. The first kappa shape index (κ1) is 19.4. The van der Waals surface area contributed by atoms with Gasteiger partial charge in [-0.05, 0) is 34.9 Å². The van der Waals surface area contributed by atoms with Crippen molar-refractivity contribution < 1.29 is 14.8 Å². The van der Waals surface area contributed by atoms with E-state index in [4.69, 9.17) is 5.73 Å². The van der Waals surface area contributed by atoms with Gasteiger partial charge in [0, 0.05) is 17.4 Å². The van der Waals surface area contributed by atoms with E-state index in [0.717, 1.165) is 27.6 Å². The number of nitrogens with zero attached hydrogens (tertiary/aromatic N) is 2. The maximum absolute atomic E-state index is 12.4. The van der Waals surface area contributed by atoms with Crippen LogP contribution >= 0.6 is 0 Å². The molecule has 3 aromatic carbocycles. The Morgan fingerprint density at radius 3 is 2.40 bits per heavy atom. The molecule has 4 aromatic rings. The SMILES string of the molecule is NC(=O)c1ccc(-c2cccc3c2cnn3C(Cc2ccccc2)C(=O)NO)cc1. The fourth-order valence-corrected chi connectivity index (χ4v) is 3.59.